The van der Waals surface area contributed by atoms with Gasteiger partial charge in [0.2, 0.25) is 6.29 Å². The molecule has 0 aromatic heterocycles. The molecule has 2 aliphatic heterocycles. The summed E-state index contributed by atoms with van der Waals surface area (Å²) in [6.45, 7) is -0.840. The maximum atomic E-state index is 14.7. The second-order valence-electron chi connectivity index (χ2n) is 17.9. The number of alkyl halides is 24. The van der Waals surface area contributed by atoms with Crippen molar-refractivity contribution in [2.45, 2.75) is 86.4 Å². The van der Waals surface area contributed by atoms with E-state index in [9.17, 15) is 105 Å². The van der Waals surface area contributed by atoms with Crippen LogP contribution >= 0.6 is 16.3 Å². The van der Waals surface area contributed by atoms with E-state index in [1.54, 1.807) is 0 Å². The van der Waals surface area contributed by atoms with Crippen LogP contribution in [0.4, 0.5) is 105 Å². The molecule has 32 heteroatoms. The fraction of sp³-hybridized carbons (Fsp3) is 0.294. The highest BCUT2D eigenvalue weighted by atomic mass is 31.1. The van der Waals surface area contributed by atoms with Crippen LogP contribution in [-0.2, 0) is 72.7 Å². The lowest BCUT2D eigenvalue weighted by atomic mass is 9.98. The van der Waals surface area contributed by atoms with E-state index in [0.717, 1.165) is 12.1 Å². The molecule has 83 heavy (non-hydrogen) atoms. The molecule has 6 nitrogen and oxygen atoms in total. The Morgan fingerprint density at radius 3 is 0.940 bits per heavy atom. The van der Waals surface area contributed by atoms with Gasteiger partial charge in [-0.1, -0.05) is 48.5 Å². The first-order chi connectivity index (χ1) is 38.1. The van der Waals surface area contributed by atoms with E-state index in [2.05, 4.69) is 0 Å². The summed E-state index contributed by atoms with van der Waals surface area (Å²) in [5.41, 5.74) is -18.2. The lowest BCUT2D eigenvalue weighted by molar-refractivity contribution is -0.342. The predicted octanol–water partition coefficient (Wildman–Crippen LogP) is 15.9. The topological polar surface area (TPSA) is 55.4 Å². The van der Waals surface area contributed by atoms with Crippen molar-refractivity contribution in [3.8, 4) is 5.75 Å². The predicted molar refractivity (Wildman–Crippen MR) is 244 cm³/mol. The monoisotopic (exact) mass is 1260 g/mol. The Bertz CT molecular complexity index is 2970. The molecule has 8 rings (SSSR count). The molecule has 0 amide bonds. The van der Waals surface area contributed by atoms with E-state index >= 15 is 0 Å². The normalized spacial score (nSPS) is 20.7. The Hall–Kier alpha value is -5.90. The lowest BCUT2D eigenvalue weighted by Gasteiger charge is -2.50. The summed E-state index contributed by atoms with van der Waals surface area (Å²) < 4.78 is 388. The van der Waals surface area contributed by atoms with Gasteiger partial charge in [-0.05, 0) is 84.9 Å². The molecule has 0 radical (unpaired) electrons. The van der Waals surface area contributed by atoms with Crippen molar-refractivity contribution in [3.05, 3.63) is 184 Å². The number of ether oxygens (including phenoxy) is 4. The van der Waals surface area contributed by atoms with Crippen molar-refractivity contribution in [2.75, 3.05) is 6.61 Å². The Morgan fingerprint density at radius 1 is 0.349 bits per heavy atom. The standard InChI is InChI=1S/C51H30F24O6P2/c52-44(53,54)25-11-26(45(55,56)57)16-34(15-25)82(35-17-27(46(58,59)60)12-28(18-35)47(61,62)63)80-40-39-38(23-76-42(79-39)24-7-3-1-4-8-24)78-43(77-33-9-5-2-6-10-33)41(40)81-83(36-19-29(48(64,65)66)13-30(20-36)49(67,68)69)37-21-31(50(70,71)72)14-32(22-37)51(73,74)75/h1-22,38-43H,23H2/t38-,39-,40+,41-,42?,43-/m1/s1. The molecule has 0 aliphatic carbocycles. The smallest absolute Gasteiger partial charge is 0.416 e. The highest BCUT2D eigenvalue weighted by Crippen LogP contribution is 2.52. The van der Waals surface area contributed by atoms with E-state index in [1.165, 1.54) is 48.5 Å². The molecule has 6 aromatic carbocycles. The molecule has 2 saturated heterocycles. The minimum absolute atomic E-state index is 0.00188. The molecule has 2 fully saturated rings. The second-order valence-corrected chi connectivity index (χ2v) is 21.6. The molecule has 1 unspecified atom stereocenters. The zero-order valence-electron chi connectivity index (χ0n) is 40.3. The van der Waals surface area contributed by atoms with E-state index in [-0.39, 0.29) is 54.1 Å². The number of para-hydroxylation sites is 1. The first-order valence-electron chi connectivity index (χ1n) is 23.0. The highest BCUT2D eigenvalue weighted by molar-refractivity contribution is 7.69. The third-order valence-corrected chi connectivity index (χ3v) is 15.9. The molecule has 0 saturated carbocycles. The fourth-order valence-electron chi connectivity index (χ4n) is 8.29. The minimum Gasteiger partial charge on any atom is -0.462 e. The summed E-state index contributed by atoms with van der Waals surface area (Å²) in [4.78, 5) is 0. The maximum absolute atomic E-state index is 14.7. The quantitative estimate of drug-likeness (QED) is 0.0952. The number of halogens is 24. The van der Waals surface area contributed by atoms with Crippen LogP contribution in [0.1, 0.15) is 56.4 Å². The molecule has 0 N–H and O–H groups in total. The van der Waals surface area contributed by atoms with E-state index in [0.29, 0.717) is 0 Å². The minimum atomic E-state index is -5.84. The van der Waals surface area contributed by atoms with Gasteiger partial charge in [-0.3, -0.25) is 0 Å². The number of fused-ring (bicyclic) bond motifs is 1. The zero-order chi connectivity index (χ0) is 61.2. The number of hydrogen-bond donors (Lipinski definition) is 0. The van der Waals surface area contributed by atoms with E-state index in [1.807, 2.05) is 0 Å². The number of benzene rings is 6. The van der Waals surface area contributed by atoms with Gasteiger partial charge in [0, 0.05) is 26.8 Å². The summed E-state index contributed by atoms with van der Waals surface area (Å²) in [7, 11) is -8.51. The fourth-order valence-corrected chi connectivity index (χ4v) is 12.4. The second kappa shape index (κ2) is 22.8. The molecule has 0 spiro atoms. The average Bonchev–Trinajstić information content (AvgIpc) is 3.58. The van der Waals surface area contributed by atoms with Crippen LogP contribution in [-0.4, -0.2) is 37.3 Å². The Balaban J connectivity index is 1.49. The zero-order valence-corrected chi connectivity index (χ0v) is 42.1. The van der Waals surface area contributed by atoms with Gasteiger partial charge in [0.05, 0.1) is 67.4 Å². The summed E-state index contributed by atoms with van der Waals surface area (Å²) in [5.74, 6) is -0.424. The molecular formula is C51H30F24O6P2. The summed E-state index contributed by atoms with van der Waals surface area (Å²) in [6.07, 6.45) is -60.9. The van der Waals surface area contributed by atoms with Gasteiger partial charge in [-0.2, -0.15) is 105 Å². The average molecular weight is 1260 g/mol. The van der Waals surface area contributed by atoms with Crippen LogP contribution in [0, 0.1) is 0 Å². The van der Waals surface area contributed by atoms with Gasteiger partial charge >= 0.3 is 49.4 Å². The molecule has 6 aromatic rings. The van der Waals surface area contributed by atoms with Crippen LogP contribution in [0.2, 0.25) is 0 Å². The van der Waals surface area contributed by atoms with Crippen molar-refractivity contribution in [1.82, 2.24) is 0 Å². The van der Waals surface area contributed by atoms with Gasteiger partial charge in [-0.15, -0.1) is 0 Å². The van der Waals surface area contributed by atoms with Crippen molar-refractivity contribution in [2.24, 2.45) is 0 Å². The van der Waals surface area contributed by atoms with Crippen LogP contribution < -0.4 is 26.0 Å². The van der Waals surface area contributed by atoms with Gasteiger partial charge in [0.15, 0.2) is 12.4 Å². The van der Waals surface area contributed by atoms with Crippen molar-refractivity contribution in [1.29, 1.82) is 0 Å². The SMILES string of the molecule is FC(F)(F)c1cc(P(O[C@@H]2[C@@H](OP(c3cc(C(F)(F)F)cc(C(F)(F)F)c3)c3cc(C(F)(F)F)cc(C(F)(F)F)c3)[C@H](Oc3ccccc3)O[C@@H]3COC(c4ccccc4)O[C@@H]23)c2cc(C(F)(F)F)cc(C(F)(F)F)c2)cc(C(F)(F)F)c1. The molecule has 448 valence electrons. The summed E-state index contributed by atoms with van der Waals surface area (Å²) in [5, 5.41) is -6.17. The van der Waals surface area contributed by atoms with E-state index in [4.69, 9.17) is 28.0 Å². The lowest BCUT2D eigenvalue weighted by Crippen LogP contribution is -2.64. The van der Waals surface area contributed by atoms with E-state index < -0.39 is 205 Å². The first-order valence-corrected chi connectivity index (χ1v) is 25.5. The Labute approximate surface area is 452 Å². The molecule has 0 bridgehead atoms. The first kappa shape index (κ1) is 63.1. The van der Waals surface area contributed by atoms with Crippen LogP contribution in [0.5, 0.6) is 5.75 Å². The Kier molecular flexibility index (Phi) is 17.4. The Morgan fingerprint density at radius 2 is 0.639 bits per heavy atom. The molecule has 6 atom stereocenters. The van der Waals surface area contributed by atoms with Gasteiger partial charge in [0.1, 0.15) is 24.1 Å². The summed E-state index contributed by atoms with van der Waals surface area (Å²) in [6, 6.07) is 9.00. The van der Waals surface area contributed by atoms with Gasteiger partial charge < -0.3 is 28.0 Å². The van der Waals surface area contributed by atoms with Gasteiger partial charge in [-0.25, -0.2) is 0 Å². The van der Waals surface area contributed by atoms with Crippen molar-refractivity contribution in [3.63, 3.8) is 0 Å². The van der Waals surface area contributed by atoms with Crippen molar-refractivity contribution < 1.29 is 133 Å². The summed E-state index contributed by atoms with van der Waals surface area (Å²) >= 11 is 0. The maximum Gasteiger partial charge on any atom is 0.416 e. The highest BCUT2D eigenvalue weighted by Gasteiger charge is 2.56. The molecule has 2 aliphatic rings. The van der Waals surface area contributed by atoms with Crippen LogP contribution in [0.3, 0.4) is 0 Å². The third-order valence-electron chi connectivity index (χ3n) is 12.0. The third kappa shape index (κ3) is 15.0. The number of rotatable bonds is 11. The number of hydrogen-bond acceptors (Lipinski definition) is 6. The van der Waals surface area contributed by atoms with Gasteiger partial charge in [0.25, 0.3) is 0 Å². The van der Waals surface area contributed by atoms with Crippen LogP contribution in [0.15, 0.2) is 133 Å². The van der Waals surface area contributed by atoms with Crippen LogP contribution in [0.25, 0.3) is 0 Å². The molecule has 2 heterocycles. The molecular weight excluding hydrogens is 1230 g/mol. The largest absolute Gasteiger partial charge is 0.462 e. The van der Waals surface area contributed by atoms with Crippen molar-refractivity contribution >= 4 is 37.5 Å².